The van der Waals surface area contributed by atoms with E-state index in [4.69, 9.17) is 16.6 Å². The van der Waals surface area contributed by atoms with Crippen molar-refractivity contribution in [1.82, 2.24) is 4.98 Å². The van der Waals surface area contributed by atoms with Crippen LogP contribution in [0.4, 0.5) is 5.82 Å². The number of primary amides is 1. The van der Waals surface area contributed by atoms with Gasteiger partial charge in [0.1, 0.15) is 5.82 Å². The van der Waals surface area contributed by atoms with E-state index in [-0.39, 0.29) is 16.5 Å². The van der Waals surface area contributed by atoms with Crippen molar-refractivity contribution in [2.24, 2.45) is 10.9 Å². The first-order valence-corrected chi connectivity index (χ1v) is 4.81. The lowest BCUT2D eigenvalue weighted by molar-refractivity contribution is -0.142. The second kappa shape index (κ2) is 5.07. The van der Waals surface area contributed by atoms with Crippen molar-refractivity contribution in [3.05, 3.63) is 10.4 Å². The highest BCUT2D eigenvalue weighted by Crippen LogP contribution is 2.12. The lowest BCUT2D eigenvalue weighted by Gasteiger charge is -1.97. The van der Waals surface area contributed by atoms with E-state index < -0.39 is 18.5 Å². The lowest BCUT2D eigenvalue weighted by Crippen LogP contribution is -2.25. The van der Waals surface area contributed by atoms with Gasteiger partial charge in [-0.05, 0) is 0 Å². The molecule has 0 unspecified atom stereocenters. The first kappa shape index (κ1) is 11.9. The van der Waals surface area contributed by atoms with Crippen LogP contribution in [0.15, 0.2) is 10.5 Å². The average Bonchev–Trinajstić information content (AvgIpc) is 2.58. The van der Waals surface area contributed by atoms with Crippen LogP contribution in [0.5, 0.6) is 0 Å². The molecule has 0 radical (unpaired) electrons. The number of nitrogens with zero attached hydrogens (tertiary/aromatic N) is 2. The van der Waals surface area contributed by atoms with Gasteiger partial charge in [0, 0.05) is 5.38 Å². The second-order valence-electron chi connectivity index (χ2n) is 2.55. The number of rotatable bonds is 5. The van der Waals surface area contributed by atoms with Gasteiger partial charge in [0.15, 0.2) is 5.01 Å². The number of amides is 1. The topological polar surface area (TPSA) is 141 Å². The van der Waals surface area contributed by atoms with Gasteiger partial charge in [-0.1, -0.05) is 5.16 Å². The number of nitrogens with two attached hydrogens (primary N) is 2. The first-order valence-electron chi connectivity index (χ1n) is 3.93. The summed E-state index contributed by atoms with van der Waals surface area (Å²) in [6.45, 7) is -0.669. The number of carboxylic acids is 1. The predicted octanol–water partition coefficient (Wildman–Crippen LogP) is -0.984. The summed E-state index contributed by atoms with van der Waals surface area (Å²) in [7, 11) is 0. The highest BCUT2D eigenvalue weighted by Gasteiger charge is 2.15. The molecule has 0 saturated heterocycles. The molecular weight excluding hydrogens is 236 g/mol. The maximum absolute atomic E-state index is 11.0. The van der Waals surface area contributed by atoms with Crippen molar-refractivity contribution >= 4 is 34.7 Å². The van der Waals surface area contributed by atoms with E-state index in [9.17, 15) is 9.59 Å². The Kier molecular flexibility index (Phi) is 3.78. The SMILES string of the molecule is NC(=O)/C(=N/OCC(=O)O)c1nc(N)cs1. The molecule has 0 aliphatic carbocycles. The molecule has 0 fully saturated rings. The maximum Gasteiger partial charge on any atom is 0.344 e. The average molecular weight is 244 g/mol. The van der Waals surface area contributed by atoms with Gasteiger partial charge >= 0.3 is 5.97 Å². The number of carbonyl (C=O) groups excluding carboxylic acids is 1. The zero-order chi connectivity index (χ0) is 12.1. The summed E-state index contributed by atoms with van der Waals surface area (Å²) in [5, 5.41) is 13.3. The van der Waals surface area contributed by atoms with E-state index in [0.717, 1.165) is 11.3 Å². The summed E-state index contributed by atoms with van der Waals surface area (Å²) in [6, 6.07) is 0. The van der Waals surface area contributed by atoms with Gasteiger partial charge in [0.25, 0.3) is 5.91 Å². The number of carboxylic acid groups (broad SMARTS) is 1. The molecule has 1 aromatic heterocycles. The number of aromatic nitrogens is 1. The summed E-state index contributed by atoms with van der Waals surface area (Å²) in [5.74, 6) is -1.88. The zero-order valence-electron chi connectivity index (χ0n) is 7.91. The molecule has 0 spiro atoms. The van der Waals surface area contributed by atoms with E-state index >= 15 is 0 Å². The highest BCUT2D eigenvalue weighted by atomic mass is 32.1. The minimum Gasteiger partial charge on any atom is -0.479 e. The van der Waals surface area contributed by atoms with Crippen molar-refractivity contribution < 1.29 is 19.5 Å². The normalized spacial score (nSPS) is 11.1. The largest absolute Gasteiger partial charge is 0.479 e. The van der Waals surface area contributed by atoms with E-state index in [0.29, 0.717) is 0 Å². The van der Waals surface area contributed by atoms with Crippen molar-refractivity contribution in [2.75, 3.05) is 12.3 Å². The molecule has 86 valence electrons. The zero-order valence-corrected chi connectivity index (χ0v) is 8.73. The molecule has 16 heavy (non-hydrogen) atoms. The molecule has 0 atom stereocenters. The molecule has 0 aliphatic heterocycles. The molecule has 5 N–H and O–H groups in total. The second-order valence-corrected chi connectivity index (χ2v) is 3.41. The molecule has 1 aromatic rings. The Morgan fingerprint density at radius 2 is 2.31 bits per heavy atom. The van der Waals surface area contributed by atoms with Crippen molar-refractivity contribution in [3.8, 4) is 0 Å². The maximum atomic E-state index is 11.0. The number of aliphatic carboxylic acids is 1. The monoisotopic (exact) mass is 244 g/mol. The third-order valence-electron chi connectivity index (χ3n) is 1.30. The third kappa shape index (κ3) is 3.20. The van der Waals surface area contributed by atoms with Crippen LogP contribution >= 0.6 is 11.3 Å². The molecule has 1 amide bonds. The Bertz CT molecular complexity index is 441. The van der Waals surface area contributed by atoms with Crippen LogP contribution in [-0.4, -0.2) is 34.3 Å². The summed E-state index contributed by atoms with van der Waals surface area (Å²) >= 11 is 1.05. The van der Waals surface area contributed by atoms with E-state index in [1.165, 1.54) is 5.38 Å². The van der Waals surface area contributed by atoms with Gasteiger partial charge in [-0.2, -0.15) is 0 Å². The minimum atomic E-state index is -1.22. The van der Waals surface area contributed by atoms with Crippen LogP contribution in [0.3, 0.4) is 0 Å². The van der Waals surface area contributed by atoms with E-state index in [2.05, 4.69) is 15.0 Å². The highest BCUT2D eigenvalue weighted by molar-refractivity contribution is 7.13. The van der Waals surface area contributed by atoms with Crippen LogP contribution in [0, 0.1) is 0 Å². The van der Waals surface area contributed by atoms with Crippen molar-refractivity contribution in [3.63, 3.8) is 0 Å². The van der Waals surface area contributed by atoms with Crippen LogP contribution < -0.4 is 11.5 Å². The molecule has 9 heteroatoms. The fourth-order valence-electron chi connectivity index (χ4n) is 0.736. The fourth-order valence-corrected chi connectivity index (χ4v) is 1.43. The van der Waals surface area contributed by atoms with E-state index in [1.54, 1.807) is 0 Å². The van der Waals surface area contributed by atoms with Crippen LogP contribution in [-0.2, 0) is 14.4 Å². The molecule has 0 bridgehead atoms. The first-order chi connectivity index (χ1) is 7.50. The quantitative estimate of drug-likeness (QED) is 0.448. The summed E-state index contributed by atoms with van der Waals surface area (Å²) in [4.78, 5) is 29.3. The van der Waals surface area contributed by atoms with E-state index in [1.807, 2.05) is 0 Å². The van der Waals surface area contributed by atoms with Crippen molar-refractivity contribution in [2.45, 2.75) is 0 Å². The Morgan fingerprint density at radius 3 is 2.75 bits per heavy atom. The molecule has 0 saturated carbocycles. The lowest BCUT2D eigenvalue weighted by atomic mass is 10.4. The van der Waals surface area contributed by atoms with Gasteiger partial charge < -0.3 is 21.4 Å². The number of oxime groups is 1. The van der Waals surface area contributed by atoms with Crippen LogP contribution in [0.1, 0.15) is 5.01 Å². The van der Waals surface area contributed by atoms with Gasteiger partial charge in [-0.3, -0.25) is 4.79 Å². The molecule has 0 aliphatic rings. The van der Waals surface area contributed by atoms with Gasteiger partial charge in [-0.25, -0.2) is 9.78 Å². The molecule has 1 rings (SSSR count). The predicted molar refractivity (Wildman–Crippen MR) is 55.8 cm³/mol. The molecule has 0 aromatic carbocycles. The molecule has 1 heterocycles. The summed E-state index contributed by atoms with van der Waals surface area (Å²) < 4.78 is 0. The van der Waals surface area contributed by atoms with Gasteiger partial charge in [-0.15, -0.1) is 11.3 Å². The molecular formula is C7H8N4O4S. The number of thiazole rings is 1. The Labute approximate surface area is 93.5 Å². The molecule has 8 nitrogen and oxygen atoms in total. The Morgan fingerprint density at radius 1 is 1.62 bits per heavy atom. The van der Waals surface area contributed by atoms with Crippen LogP contribution in [0.2, 0.25) is 0 Å². The van der Waals surface area contributed by atoms with Gasteiger partial charge in [0.2, 0.25) is 12.3 Å². The number of nitrogen functional groups attached to an aromatic ring is 1. The van der Waals surface area contributed by atoms with Crippen molar-refractivity contribution in [1.29, 1.82) is 0 Å². The number of carbonyl (C=O) groups is 2. The summed E-state index contributed by atoms with van der Waals surface area (Å²) in [6.07, 6.45) is 0. The summed E-state index contributed by atoms with van der Waals surface area (Å²) in [5.41, 5.74) is 10.1. The van der Waals surface area contributed by atoms with Crippen LogP contribution in [0.25, 0.3) is 0 Å². The van der Waals surface area contributed by atoms with Gasteiger partial charge in [0.05, 0.1) is 0 Å². The number of anilines is 1. The fraction of sp³-hybridized carbons (Fsp3) is 0.143. The third-order valence-corrected chi connectivity index (χ3v) is 2.17. The number of hydrogen-bond acceptors (Lipinski definition) is 7. The smallest absolute Gasteiger partial charge is 0.344 e. The number of hydrogen-bond donors (Lipinski definition) is 3. The Balaban J connectivity index is 2.83. The standard InChI is InChI=1S/C7H8N4O4S/c8-3-2-16-7(10-3)5(6(9)14)11-15-1-4(12)13/h2H,1,8H2,(H2,9,14)(H,12,13)/b11-5-. The Hall–Kier alpha value is -2.16. The minimum absolute atomic E-state index is 0.176.